The predicted molar refractivity (Wildman–Crippen MR) is 80.1 cm³/mol. The Balaban J connectivity index is 2.02. The van der Waals surface area contributed by atoms with Gasteiger partial charge in [-0.3, -0.25) is 4.90 Å². The smallest absolute Gasteiger partial charge is 0.0218 e. The van der Waals surface area contributed by atoms with E-state index < -0.39 is 0 Å². The van der Waals surface area contributed by atoms with Crippen molar-refractivity contribution >= 4 is 0 Å². The van der Waals surface area contributed by atoms with Crippen LogP contribution in [-0.4, -0.2) is 62.2 Å². The van der Waals surface area contributed by atoms with E-state index in [1.165, 1.54) is 52.0 Å². The molecule has 1 aliphatic rings. The first-order valence-corrected chi connectivity index (χ1v) is 7.76. The normalized spacial score (nSPS) is 22.8. The molecule has 0 aromatic rings. The fourth-order valence-corrected chi connectivity index (χ4v) is 2.65. The molecule has 1 saturated heterocycles. The average molecular weight is 255 g/mol. The minimum Gasteiger partial charge on any atom is -0.315 e. The fraction of sp³-hybridized carbons (Fsp3) is 1.00. The molecule has 0 radical (unpaired) electrons. The Kier molecular flexibility index (Phi) is 7.87. The number of hydrogen-bond acceptors (Lipinski definition) is 3. The van der Waals surface area contributed by atoms with E-state index in [4.69, 9.17) is 0 Å². The Morgan fingerprint density at radius 1 is 1.22 bits per heavy atom. The van der Waals surface area contributed by atoms with Crippen LogP contribution in [0.3, 0.4) is 0 Å². The van der Waals surface area contributed by atoms with Crippen molar-refractivity contribution in [2.75, 3.05) is 46.3 Å². The molecule has 3 heteroatoms. The van der Waals surface area contributed by atoms with Crippen molar-refractivity contribution in [2.24, 2.45) is 5.92 Å². The van der Waals surface area contributed by atoms with Crippen molar-refractivity contribution in [3.8, 4) is 0 Å². The Labute approximate surface area is 114 Å². The molecule has 0 bridgehead atoms. The highest BCUT2D eigenvalue weighted by molar-refractivity contribution is 4.79. The summed E-state index contributed by atoms with van der Waals surface area (Å²) in [6.45, 7) is 14.2. The molecule has 0 amide bonds. The Bertz CT molecular complexity index is 206. The van der Waals surface area contributed by atoms with E-state index in [1.807, 2.05) is 0 Å². The summed E-state index contributed by atoms with van der Waals surface area (Å²) in [4.78, 5) is 5.12. The third kappa shape index (κ3) is 6.17. The van der Waals surface area contributed by atoms with E-state index in [-0.39, 0.29) is 0 Å². The summed E-state index contributed by atoms with van der Waals surface area (Å²) in [5.74, 6) is 0.842. The molecule has 1 unspecified atom stereocenters. The van der Waals surface area contributed by atoms with Crippen LogP contribution in [0.5, 0.6) is 0 Å². The van der Waals surface area contributed by atoms with Crippen LogP contribution in [0.15, 0.2) is 0 Å². The van der Waals surface area contributed by atoms with Crippen LogP contribution in [0.1, 0.15) is 40.0 Å². The van der Waals surface area contributed by atoms with E-state index in [0.717, 1.165) is 18.5 Å². The summed E-state index contributed by atoms with van der Waals surface area (Å²) in [5, 5.41) is 3.58. The first kappa shape index (κ1) is 15.9. The lowest BCUT2D eigenvalue weighted by molar-refractivity contribution is 0.0939. The van der Waals surface area contributed by atoms with Crippen LogP contribution in [-0.2, 0) is 0 Å². The maximum Gasteiger partial charge on any atom is 0.0218 e. The molecule has 0 aliphatic carbocycles. The van der Waals surface area contributed by atoms with Crippen molar-refractivity contribution in [1.82, 2.24) is 15.1 Å². The van der Waals surface area contributed by atoms with Crippen LogP contribution >= 0.6 is 0 Å². The maximum atomic E-state index is 3.58. The molecular weight excluding hydrogens is 222 g/mol. The van der Waals surface area contributed by atoms with Gasteiger partial charge in [0.1, 0.15) is 0 Å². The van der Waals surface area contributed by atoms with Gasteiger partial charge in [-0.1, -0.05) is 20.8 Å². The zero-order valence-corrected chi connectivity index (χ0v) is 12.9. The van der Waals surface area contributed by atoms with Gasteiger partial charge in [-0.2, -0.15) is 0 Å². The van der Waals surface area contributed by atoms with Crippen LogP contribution in [0, 0.1) is 5.92 Å². The second-order valence-corrected chi connectivity index (χ2v) is 6.13. The van der Waals surface area contributed by atoms with Gasteiger partial charge in [0, 0.05) is 38.8 Å². The topological polar surface area (TPSA) is 18.5 Å². The van der Waals surface area contributed by atoms with Gasteiger partial charge in [0.25, 0.3) is 0 Å². The van der Waals surface area contributed by atoms with Gasteiger partial charge < -0.3 is 10.2 Å². The van der Waals surface area contributed by atoms with Crippen molar-refractivity contribution in [1.29, 1.82) is 0 Å². The fourth-order valence-electron chi connectivity index (χ4n) is 2.65. The van der Waals surface area contributed by atoms with E-state index in [1.54, 1.807) is 0 Å². The highest BCUT2D eigenvalue weighted by atomic mass is 15.3. The third-order valence-corrected chi connectivity index (χ3v) is 4.07. The second kappa shape index (κ2) is 8.89. The van der Waals surface area contributed by atoms with Crippen LogP contribution in [0.4, 0.5) is 0 Å². The molecule has 1 heterocycles. The molecular formula is C15H33N3. The van der Waals surface area contributed by atoms with Gasteiger partial charge in [0.2, 0.25) is 0 Å². The number of hydrogen-bond donors (Lipinski definition) is 1. The molecule has 1 N–H and O–H groups in total. The van der Waals surface area contributed by atoms with Crippen LogP contribution in [0.25, 0.3) is 0 Å². The highest BCUT2D eigenvalue weighted by Gasteiger charge is 2.21. The number of nitrogens with zero attached hydrogens (tertiary/aromatic N) is 2. The van der Waals surface area contributed by atoms with Crippen molar-refractivity contribution in [3.63, 3.8) is 0 Å². The van der Waals surface area contributed by atoms with E-state index in [2.05, 4.69) is 42.9 Å². The maximum absolute atomic E-state index is 3.58. The molecule has 0 saturated carbocycles. The second-order valence-electron chi connectivity index (χ2n) is 6.13. The molecule has 0 spiro atoms. The summed E-state index contributed by atoms with van der Waals surface area (Å²) in [6, 6.07) is 0.764. The van der Waals surface area contributed by atoms with E-state index in [0.29, 0.717) is 0 Å². The molecule has 0 aromatic heterocycles. The Morgan fingerprint density at radius 3 is 2.67 bits per heavy atom. The summed E-state index contributed by atoms with van der Waals surface area (Å²) in [5.41, 5.74) is 0. The molecule has 0 aromatic carbocycles. The zero-order valence-electron chi connectivity index (χ0n) is 12.9. The average Bonchev–Trinajstić information content (AvgIpc) is 2.35. The lowest BCUT2D eigenvalue weighted by atomic mass is 10.1. The van der Waals surface area contributed by atoms with Crippen molar-refractivity contribution in [2.45, 2.75) is 46.1 Å². The zero-order chi connectivity index (χ0) is 13.4. The summed E-state index contributed by atoms with van der Waals surface area (Å²) < 4.78 is 0. The van der Waals surface area contributed by atoms with Gasteiger partial charge in [0.15, 0.2) is 0 Å². The largest absolute Gasteiger partial charge is 0.315 e. The SMILES string of the molecule is CCC1CN(CCNCCCC(C)C)CCN1C. The molecule has 3 nitrogen and oxygen atoms in total. The standard InChI is InChI=1S/C15H33N3/c1-5-15-13-18(12-11-17(15)4)10-9-16-8-6-7-14(2)3/h14-16H,5-13H2,1-4H3. The minimum atomic E-state index is 0.764. The van der Waals surface area contributed by atoms with E-state index >= 15 is 0 Å². The van der Waals surface area contributed by atoms with Crippen LogP contribution < -0.4 is 5.32 Å². The van der Waals surface area contributed by atoms with Crippen molar-refractivity contribution in [3.05, 3.63) is 0 Å². The molecule has 1 aliphatic heterocycles. The van der Waals surface area contributed by atoms with Gasteiger partial charge in [-0.15, -0.1) is 0 Å². The quantitative estimate of drug-likeness (QED) is 0.670. The lowest BCUT2D eigenvalue weighted by Gasteiger charge is -2.39. The molecule has 1 fully saturated rings. The first-order valence-electron chi connectivity index (χ1n) is 7.76. The molecule has 1 rings (SSSR count). The Morgan fingerprint density at radius 2 is 2.00 bits per heavy atom. The predicted octanol–water partition coefficient (Wildman–Crippen LogP) is 2.04. The molecule has 108 valence electrons. The van der Waals surface area contributed by atoms with E-state index in [9.17, 15) is 0 Å². The summed E-state index contributed by atoms with van der Waals surface area (Å²) in [7, 11) is 2.26. The number of nitrogens with one attached hydrogen (secondary N) is 1. The minimum absolute atomic E-state index is 0.764. The lowest BCUT2D eigenvalue weighted by Crippen LogP contribution is -2.52. The molecule has 18 heavy (non-hydrogen) atoms. The number of piperazine rings is 1. The highest BCUT2D eigenvalue weighted by Crippen LogP contribution is 2.09. The Hall–Kier alpha value is -0.120. The van der Waals surface area contributed by atoms with Crippen molar-refractivity contribution < 1.29 is 0 Å². The first-order chi connectivity index (χ1) is 8.63. The van der Waals surface area contributed by atoms with Crippen LogP contribution in [0.2, 0.25) is 0 Å². The number of likely N-dealkylation sites (N-methyl/N-ethyl adjacent to an activating group) is 1. The monoisotopic (exact) mass is 255 g/mol. The third-order valence-electron chi connectivity index (χ3n) is 4.07. The summed E-state index contributed by atoms with van der Waals surface area (Å²) in [6.07, 6.45) is 3.94. The van der Waals surface area contributed by atoms with Gasteiger partial charge in [-0.05, 0) is 38.8 Å². The molecule has 1 atom stereocenters. The number of rotatable bonds is 8. The van der Waals surface area contributed by atoms with Gasteiger partial charge in [0.05, 0.1) is 0 Å². The van der Waals surface area contributed by atoms with Gasteiger partial charge in [-0.25, -0.2) is 0 Å². The van der Waals surface area contributed by atoms with Gasteiger partial charge >= 0.3 is 0 Å². The summed E-state index contributed by atoms with van der Waals surface area (Å²) >= 11 is 0.